The van der Waals surface area contributed by atoms with Crippen LogP contribution in [0, 0.1) is 6.92 Å². The van der Waals surface area contributed by atoms with E-state index in [1.54, 1.807) is 18.8 Å². The molecule has 0 saturated carbocycles. The second-order valence-corrected chi connectivity index (χ2v) is 4.59. The molecule has 1 aromatic heterocycles. The predicted octanol–water partition coefficient (Wildman–Crippen LogP) is 2.42. The van der Waals surface area contributed by atoms with Gasteiger partial charge in [0.1, 0.15) is 10.1 Å². The summed E-state index contributed by atoms with van der Waals surface area (Å²) in [5.74, 6) is 2.08. The van der Waals surface area contributed by atoms with Crippen LogP contribution in [0.4, 0.5) is 0 Å². The maximum absolute atomic E-state index is 5.25. The highest BCUT2D eigenvalue weighted by atomic mass is 32.1. The molecule has 0 bridgehead atoms. The first-order valence-corrected chi connectivity index (χ1v) is 5.78. The Morgan fingerprint density at radius 1 is 1.29 bits per heavy atom. The zero-order valence-electron chi connectivity index (χ0n) is 9.72. The molecule has 0 amide bonds. The average Bonchev–Trinajstić information content (AvgIpc) is 2.61. The minimum Gasteiger partial charge on any atom is -0.493 e. The molecule has 0 N–H and O–H groups in total. The van der Waals surface area contributed by atoms with Crippen molar-refractivity contribution in [3.8, 4) is 11.5 Å². The van der Waals surface area contributed by atoms with Gasteiger partial charge in [0.2, 0.25) is 0 Å². The van der Waals surface area contributed by atoms with E-state index in [4.69, 9.17) is 21.7 Å². The van der Waals surface area contributed by atoms with Crippen molar-refractivity contribution in [1.82, 2.24) is 9.55 Å². The van der Waals surface area contributed by atoms with Gasteiger partial charge in [-0.25, -0.2) is 4.98 Å². The lowest BCUT2D eigenvalue weighted by Gasteiger charge is -2.08. The van der Waals surface area contributed by atoms with Gasteiger partial charge in [0.05, 0.1) is 25.3 Å². The first-order valence-electron chi connectivity index (χ1n) is 4.93. The summed E-state index contributed by atoms with van der Waals surface area (Å²) in [5, 5.41) is 0. The number of imidazole rings is 1. The number of thiol groups is 1. The van der Waals surface area contributed by atoms with E-state index in [0.29, 0.717) is 15.8 Å². The number of ether oxygens (including phenoxy) is 2. The summed E-state index contributed by atoms with van der Waals surface area (Å²) in [6, 6.07) is 3.67. The third-order valence-electron chi connectivity index (χ3n) is 2.52. The lowest BCUT2D eigenvalue weighted by atomic mass is 10.2. The number of rotatable bonds is 2. The first kappa shape index (κ1) is 12.2. The molecule has 0 aliphatic heterocycles. The number of hydrogen-bond acceptors (Lipinski definition) is 4. The Balaban J connectivity index is 2.79. The van der Waals surface area contributed by atoms with Crippen molar-refractivity contribution in [3.63, 3.8) is 0 Å². The quantitative estimate of drug-likeness (QED) is 0.670. The van der Waals surface area contributed by atoms with Crippen molar-refractivity contribution in [2.45, 2.75) is 6.92 Å². The molecule has 2 rings (SSSR count). The summed E-state index contributed by atoms with van der Waals surface area (Å²) in [7, 11) is 3.19. The molecule has 0 atom stereocenters. The van der Waals surface area contributed by atoms with Gasteiger partial charge in [-0.2, -0.15) is 0 Å². The van der Waals surface area contributed by atoms with Crippen LogP contribution in [0.2, 0.25) is 0 Å². The van der Waals surface area contributed by atoms with Crippen LogP contribution in [-0.2, 0) is 0 Å². The van der Waals surface area contributed by atoms with E-state index in [0.717, 1.165) is 16.9 Å². The maximum atomic E-state index is 5.25. The molecule has 0 unspecified atom stereocenters. The van der Waals surface area contributed by atoms with Crippen LogP contribution in [-0.4, -0.2) is 28.1 Å². The van der Waals surface area contributed by atoms with E-state index < -0.39 is 0 Å². The van der Waals surface area contributed by atoms with Crippen molar-refractivity contribution < 1.29 is 9.47 Å². The number of hydrogen-bond donors (Lipinski definition) is 1. The SMILES string of the molecule is COc1cc2nc(C)n(C(=S)S)c2cc1OC. The smallest absolute Gasteiger partial charge is 0.163 e. The highest BCUT2D eigenvalue weighted by molar-refractivity contribution is 8.11. The van der Waals surface area contributed by atoms with E-state index >= 15 is 0 Å². The van der Waals surface area contributed by atoms with Gasteiger partial charge in [0, 0.05) is 12.1 Å². The lowest BCUT2D eigenvalue weighted by molar-refractivity contribution is 0.355. The highest BCUT2D eigenvalue weighted by Crippen LogP contribution is 2.32. The number of methoxy groups -OCH3 is 2. The molecular weight excluding hydrogens is 256 g/mol. The Morgan fingerprint density at radius 2 is 1.88 bits per heavy atom. The molecule has 0 aliphatic carbocycles. The Morgan fingerprint density at radius 3 is 2.41 bits per heavy atom. The molecule has 2 aromatic rings. The Bertz CT molecular complexity index is 593. The molecule has 17 heavy (non-hydrogen) atoms. The van der Waals surface area contributed by atoms with Gasteiger partial charge in [-0.15, -0.1) is 12.6 Å². The summed E-state index contributed by atoms with van der Waals surface area (Å²) in [6.45, 7) is 1.88. The number of benzene rings is 1. The summed E-state index contributed by atoms with van der Waals surface area (Å²) in [5.41, 5.74) is 1.66. The van der Waals surface area contributed by atoms with Gasteiger partial charge in [-0.1, -0.05) is 12.2 Å². The van der Waals surface area contributed by atoms with Crippen LogP contribution in [0.15, 0.2) is 12.1 Å². The number of thiocarbonyl (C=S) groups is 1. The standard InChI is InChI=1S/C11H12N2O2S2/c1-6-12-7-4-9(14-2)10(15-3)5-8(7)13(6)11(16)17/h4-5H,1-3H3,(H,16,17). The van der Waals surface area contributed by atoms with E-state index in [1.165, 1.54) is 0 Å². The summed E-state index contributed by atoms with van der Waals surface area (Å²) < 4.78 is 12.7. The number of aromatic nitrogens is 2. The molecule has 4 nitrogen and oxygen atoms in total. The van der Waals surface area contributed by atoms with Crippen LogP contribution in [0.5, 0.6) is 11.5 Å². The Kier molecular flexibility index (Phi) is 3.26. The van der Waals surface area contributed by atoms with Crippen molar-refractivity contribution in [2.75, 3.05) is 14.2 Å². The van der Waals surface area contributed by atoms with E-state index in [9.17, 15) is 0 Å². The summed E-state index contributed by atoms with van der Waals surface area (Å²) >= 11 is 9.28. The van der Waals surface area contributed by atoms with Crippen LogP contribution < -0.4 is 9.47 Å². The minimum absolute atomic E-state index is 0.456. The van der Waals surface area contributed by atoms with Gasteiger partial charge in [0.25, 0.3) is 0 Å². The fraction of sp³-hybridized carbons (Fsp3) is 0.273. The maximum Gasteiger partial charge on any atom is 0.163 e. The molecule has 90 valence electrons. The van der Waals surface area contributed by atoms with Crippen molar-refractivity contribution in [2.24, 2.45) is 0 Å². The largest absolute Gasteiger partial charge is 0.493 e. The number of aryl methyl sites for hydroxylation is 1. The Hall–Kier alpha value is -1.27. The van der Waals surface area contributed by atoms with Crippen LogP contribution in [0.3, 0.4) is 0 Å². The molecule has 0 saturated heterocycles. The minimum atomic E-state index is 0.456. The number of nitrogens with zero attached hydrogens (tertiary/aromatic N) is 2. The van der Waals surface area contributed by atoms with E-state index in [-0.39, 0.29) is 0 Å². The summed E-state index contributed by atoms with van der Waals surface area (Å²) in [4.78, 5) is 4.41. The zero-order chi connectivity index (χ0) is 12.6. The van der Waals surface area contributed by atoms with Crippen molar-refractivity contribution >= 4 is 40.2 Å². The molecule has 0 spiro atoms. The van der Waals surface area contributed by atoms with E-state index in [2.05, 4.69) is 17.6 Å². The molecule has 0 aliphatic rings. The fourth-order valence-electron chi connectivity index (χ4n) is 1.77. The second kappa shape index (κ2) is 4.54. The van der Waals surface area contributed by atoms with Gasteiger partial charge >= 0.3 is 0 Å². The van der Waals surface area contributed by atoms with Crippen LogP contribution in [0.25, 0.3) is 11.0 Å². The van der Waals surface area contributed by atoms with Crippen LogP contribution >= 0.6 is 24.8 Å². The molecule has 6 heteroatoms. The predicted molar refractivity (Wildman–Crippen MR) is 74.6 cm³/mol. The topological polar surface area (TPSA) is 36.3 Å². The van der Waals surface area contributed by atoms with Gasteiger partial charge in [-0.3, -0.25) is 4.57 Å². The summed E-state index contributed by atoms with van der Waals surface area (Å²) in [6.07, 6.45) is 0. The molecule has 0 radical (unpaired) electrons. The van der Waals surface area contributed by atoms with Gasteiger partial charge in [-0.05, 0) is 6.92 Å². The average molecular weight is 268 g/mol. The van der Waals surface area contributed by atoms with Gasteiger partial charge < -0.3 is 9.47 Å². The van der Waals surface area contributed by atoms with E-state index in [1.807, 2.05) is 19.1 Å². The normalized spacial score (nSPS) is 10.6. The second-order valence-electron chi connectivity index (χ2n) is 3.47. The molecule has 0 fully saturated rings. The van der Waals surface area contributed by atoms with Crippen molar-refractivity contribution in [3.05, 3.63) is 18.0 Å². The highest BCUT2D eigenvalue weighted by Gasteiger charge is 2.13. The Labute approximate surface area is 110 Å². The third kappa shape index (κ3) is 1.98. The first-order chi connectivity index (χ1) is 8.08. The molecular formula is C11H12N2O2S2. The third-order valence-corrected chi connectivity index (χ3v) is 2.90. The zero-order valence-corrected chi connectivity index (χ0v) is 11.4. The molecule has 1 heterocycles. The number of fused-ring (bicyclic) bond motifs is 1. The van der Waals surface area contributed by atoms with Crippen molar-refractivity contribution in [1.29, 1.82) is 0 Å². The van der Waals surface area contributed by atoms with Crippen LogP contribution in [0.1, 0.15) is 5.82 Å². The fourth-order valence-corrected chi connectivity index (χ4v) is 2.25. The lowest BCUT2D eigenvalue weighted by Crippen LogP contribution is -2.03. The van der Waals surface area contributed by atoms with Gasteiger partial charge in [0.15, 0.2) is 11.5 Å². The monoisotopic (exact) mass is 268 g/mol. The molecule has 1 aromatic carbocycles.